The first-order chi connectivity index (χ1) is 13.5. The highest BCUT2D eigenvalue weighted by Gasteiger charge is 2.22. The molecule has 2 amide bonds. The summed E-state index contributed by atoms with van der Waals surface area (Å²) in [4.78, 5) is 16.7. The first kappa shape index (κ1) is 20.1. The molecule has 2 aromatic rings. The van der Waals surface area contributed by atoms with Crippen LogP contribution in [0.4, 0.5) is 10.5 Å². The van der Waals surface area contributed by atoms with E-state index in [1.807, 2.05) is 17.0 Å². The molecule has 0 aromatic heterocycles. The minimum atomic E-state index is -0.00991. The van der Waals surface area contributed by atoms with E-state index in [1.165, 1.54) is 27.9 Å². The number of aryl methyl sites for hydroxylation is 3. The average molecular weight is 382 g/mol. The van der Waals surface area contributed by atoms with Crippen LogP contribution in [0.25, 0.3) is 0 Å². The Morgan fingerprint density at radius 2 is 1.71 bits per heavy atom. The van der Waals surface area contributed by atoms with Gasteiger partial charge in [-0.25, -0.2) is 4.79 Å². The predicted molar refractivity (Wildman–Crippen MR) is 115 cm³/mol. The van der Waals surface area contributed by atoms with Gasteiger partial charge in [-0.3, -0.25) is 0 Å². The first-order valence-corrected chi connectivity index (χ1v) is 9.99. The number of carbonyl (C=O) groups is 1. The summed E-state index contributed by atoms with van der Waals surface area (Å²) >= 11 is 0. The van der Waals surface area contributed by atoms with Crippen molar-refractivity contribution < 1.29 is 9.53 Å². The largest absolute Gasteiger partial charge is 0.492 e. The Morgan fingerprint density at radius 1 is 0.964 bits per heavy atom. The highest BCUT2D eigenvalue weighted by Crippen LogP contribution is 2.23. The fourth-order valence-corrected chi connectivity index (χ4v) is 3.47. The van der Waals surface area contributed by atoms with E-state index < -0.39 is 0 Å². The highest BCUT2D eigenvalue weighted by atomic mass is 16.5. The zero-order chi connectivity index (χ0) is 20.1. The Kier molecular flexibility index (Phi) is 6.45. The number of urea groups is 1. The molecule has 1 aliphatic rings. The van der Waals surface area contributed by atoms with Crippen molar-refractivity contribution in [2.45, 2.75) is 27.7 Å². The number of anilines is 1. The van der Waals surface area contributed by atoms with Crippen molar-refractivity contribution in [3.8, 4) is 5.75 Å². The lowest BCUT2D eigenvalue weighted by molar-refractivity contribution is 0.191. The van der Waals surface area contributed by atoms with Crippen LogP contribution in [0.15, 0.2) is 36.4 Å². The van der Waals surface area contributed by atoms with Gasteiger partial charge in [0.15, 0.2) is 0 Å². The molecule has 1 heterocycles. The van der Waals surface area contributed by atoms with Gasteiger partial charge < -0.3 is 19.9 Å². The van der Waals surface area contributed by atoms with E-state index in [0.717, 1.165) is 31.9 Å². The van der Waals surface area contributed by atoms with Gasteiger partial charge in [-0.05, 0) is 68.1 Å². The van der Waals surface area contributed by atoms with E-state index in [4.69, 9.17) is 4.74 Å². The van der Waals surface area contributed by atoms with Crippen LogP contribution in [0, 0.1) is 27.7 Å². The Balaban J connectivity index is 1.41. The average Bonchev–Trinajstić information content (AvgIpc) is 2.70. The molecule has 1 N–H and O–H groups in total. The molecule has 5 nitrogen and oxygen atoms in total. The first-order valence-electron chi connectivity index (χ1n) is 9.99. The molecule has 1 fully saturated rings. The number of carbonyl (C=O) groups excluding carboxylic acids is 1. The summed E-state index contributed by atoms with van der Waals surface area (Å²) < 4.78 is 5.74. The molecule has 2 aromatic carbocycles. The third-order valence-corrected chi connectivity index (χ3v) is 5.61. The van der Waals surface area contributed by atoms with Gasteiger partial charge in [0.25, 0.3) is 0 Å². The summed E-state index contributed by atoms with van der Waals surface area (Å²) in [6.07, 6.45) is 0. The third-order valence-electron chi connectivity index (χ3n) is 5.61. The topological polar surface area (TPSA) is 44.8 Å². The molecule has 0 saturated carbocycles. The lowest BCUT2D eigenvalue weighted by Gasteiger charge is -2.37. The maximum atomic E-state index is 12.4. The van der Waals surface area contributed by atoms with Crippen LogP contribution < -0.4 is 15.0 Å². The Morgan fingerprint density at radius 3 is 2.43 bits per heavy atom. The van der Waals surface area contributed by atoms with Crippen LogP contribution >= 0.6 is 0 Å². The van der Waals surface area contributed by atoms with Crippen molar-refractivity contribution in [2.75, 3.05) is 44.2 Å². The van der Waals surface area contributed by atoms with Crippen molar-refractivity contribution in [1.29, 1.82) is 0 Å². The SMILES string of the molecule is Cc1ccc(OCCNC(=O)N2CCN(c3cccc(C)c3C)CC2)cc1C. The van der Waals surface area contributed by atoms with E-state index in [1.54, 1.807) is 0 Å². The van der Waals surface area contributed by atoms with E-state index >= 15 is 0 Å². The van der Waals surface area contributed by atoms with Crippen LogP contribution in [0.5, 0.6) is 5.75 Å². The lowest BCUT2D eigenvalue weighted by Crippen LogP contribution is -2.52. The summed E-state index contributed by atoms with van der Waals surface area (Å²) in [5.41, 5.74) is 6.37. The number of rotatable bonds is 5. The lowest BCUT2D eigenvalue weighted by atomic mass is 10.1. The number of nitrogens with zero attached hydrogens (tertiary/aromatic N) is 2. The molecule has 1 aliphatic heterocycles. The molecule has 1 saturated heterocycles. The monoisotopic (exact) mass is 381 g/mol. The van der Waals surface area contributed by atoms with Gasteiger partial charge in [0.2, 0.25) is 0 Å². The minimum absolute atomic E-state index is 0.00991. The van der Waals surface area contributed by atoms with Crippen LogP contribution in [0.2, 0.25) is 0 Å². The van der Waals surface area contributed by atoms with Gasteiger partial charge in [-0.2, -0.15) is 0 Å². The molecule has 28 heavy (non-hydrogen) atoms. The van der Waals surface area contributed by atoms with Crippen molar-refractivity contribution in [3.05, 3.63) is 58.7 Å². The summed E-state index contributed by atoms with van der Waals surface area (Å²) in [7, 11) is 0. The van der Waals surface area contributed by atoms with E-state index in [0.29, 0.717) is 13.2 Å². The summed E-state index contributed by atoms with van der Waals surface area (Å²) in [5.74, 6) is 0.847. The summed E-state index contributed by atoms with van der Waals surface area (Å²) in [5, 5.41) is 2.97. The second-order valence-electron chi connectivity index (χ2n) is 7.52. The van der Waals surface area contributed by atoms with Crippen LogP contribution in [0.1, 0.15) is 22.3 Å². The molecule has 3 rings (SSSR count). The summed E-state index contributed by atoms with van der Waals surface area (Å²) in [6, 6.07) is 12.5. The molecule has 150 valence electrons. The van der Waals surface area contributed by atoms with Gasteiger partial charge in [-0.1, -0.05) is 18.2 Å². The Hall–Kier alpha value is -2.69. The fourth-order valence-electron chi connectivity index (χ4n) is 3.47. The van der Waals surface area contributed by atoms with E-state index in [9.17, 15) is 4.79 Å². The highest BCUT2D eigenvalue weighted by molar-refractivity contribution is 5.74. The maximum absolute atomic E-state index is 12.4. The molecule has 0 unspecified atom stereocenters. The zero-order valence-corrected chi connectivity index (χ0v) is 17.4. The molecule has 0 aliphatic carbocycles. The smallest absolute Gasteiger partial charge is 0.317 e. The normalized spacial score (nSPS) is 14.1. The van der Waals surface area contributed by atoms with Crippen molar-refractivity contribution in [1.82, 2.24) is 10.2 Å². The molecule has 5 heteroatoms. The Labute approximate surface area is 168 Å². The van der Waals surface area contributed by atoms with Gasteiger partial charge >= 0.3 is 6.03 Å². The second-order valence-corrected chi connectivity index (χ2v) is 7.52. The van der Waals surface area contributed by atoms with Crippen molar-refractivity contribution in [3.63, 3.8) is 0 Å². The van der Waals surface area contributed by atoms with Gasteiger partial charge in [0.1, 0.15) is 12.4 Å². The van der Waals surface area contributed by atoms with Crippen molar-refractivity contribution in [2.24, 2.45) is 0 Å². The molecule has 0 atom stereocenters. The zero-order valence-electron chi connectivity index (χ0n) is 17.4. The number of hydrogen-bond donors (Lipinski definition) is 1. The van der Waals surface area contributed by atoms with Gasteiger partial charge in [0, 0.05) is 31.9 Å². The molecule has 0 radical (unpaired) electrons. The molecule has 0 spiro atoms. The maximum Gasteiger partial charge on any atom is 0.317 e. The summed E-state index contributed by atoms with van der Waals surface area (Å²) in [6.45, 7) is 12.6. The number of amides is 2. The third kappa shape index (κ3) is 4.77. The molecular formula is C23H31N3O2. The Bertz CT molecular complexity index is 827. The quantitative estimate of drug-likeness (QED) is 0.801. The van der Waals surface area contributed by atoms with Gasteiger partial charge in [-0.15, -0.1) is 0 Å². The fraction of sp³-hybridized carbons (Fsp3) is 0.435. The minimum Gasteiger partial charge on any atom is -0.492 e. The van der Waals surface area contributed by atoms with Crippen LogP contribution in [0.3, 0.4) is 0 Å². The number of ether oxygens (including phenoxy) is 1. The molecule has 0 bridgehead atoms. The van der Waals surface area contributed by atoms with E-state index in [-0.39, 0.29) is 6.03 Å². The predicted octanol–water partition coefficient (Wildman–Crippen LogP) is 3.83. The molecular weight excluding hydrogens is 350 g/mol. The number of nitrogens with one attached hydrogen (secondary N) is 1. The van der Waals surface area contributed by atoms with Crippen LogP contribution in [-0.2, 0) is 0 Å². The second kappa shape index (κ2) is 9.00. The van der Waals surface area contributed by atoms with E-state index in [2.05, 4.69) is 62.2 Å². The van der Waals surface area contributed by atoms with Gasteiger partial charge in [0.05, 0.1) is 6.54 Å². The van der Waals surface area contributed by atoms with Crippen LogP contribution in [-0.4, -0.2) is 50.3 Å². The van der Waals surface area contributed by atoms with Crippen molar-refractivity contribution >= 4 is 11.7 Å². The number of benzene rings is 2. The number of hydrogen-bond acceptors (Lipinski definition) is 3. The number of piperazine rings is 1. The standard InChI is InChI=1S/C23H31N3O2/c1-17-8-9-21(16-19(17)3)28-15-10-24-23(27)26-13-11-25(12-14-26)22-7-5-6-18(2)20(22)4/h5-9,16H,10-15H2,1-4H3,(H,24,27).